The summed E-state index contributed by atoms with van der Waals surface area (Å²) in [6.07, 6.45) is -2.27. The average Bonchev–Trinajstić information content (AvgIpc) is 3.29. The van der Waals surface area contributed by atoms with Crippen LogP contribution in [0.25, 0.3) is 0 Å². The van der Waals surface area contributed by atoms with E-state index in [2.05, 4.69) is 9.97 Å². The van der Waals surface area contributed by atoms with E-state index in [0.717, 1.165) is 0 Å². The minimum absolute atomic E-state index is 0.114. The number of anilines is 1. The molecule has 1 aliphatic carbocycles. The zero-order chi connectivity index (χ0) is 34.4. The number of hydrogen-bond acceptors (Lipinski definition) is 14. The first-order valence-electron chi connectivity index (χ1n) is 14.7. The lowest BCUT2D eigenvalue weighted by Gasteiger charge is -2.46. The first-order chi connectivity index (χ1) is 22.1. The number of hydrogen-bond donors (Lipinski definition) is 1. The third-order valence-corrected chi connectivity index (χ3v) is 9.04. The Morgan fingerprint density at radius 3 is 2.32 bits per heavy atom. The van der Waals surface area contributed by atoms with Gasteiger partial charge in [-0.05, 0) is 23.7 Å². The molecule has 2 aliphatic heterocycles. The van der Waals surface area contributed by atoms with Crippen LogP contribution < -0.4 is 4.90 Å². The van der Waals surface area contributed by atoms with Crippen LogP contribution in [-0.2, 0) is 38.1 Å². The van der Waals surface area contributed by atoms with Crippen molar-refractivity contribution in [1.82, 2.24) is 9.97 Å². The van der Waals surface area contributed by atoms with E-state index in [4.69, 9.17) is 31.2 Å². The van der Waals surface area contributed by atoms with Crippen molar-refractivity contribution in [2.24, 2.45) is 5.41 Å². The number of non-ortho nitro benzene ring substituents is 1. The summed E-state index contributed by atoms with van der Waals surface area (Å²) in [5.74, 6) is -2.48. The number of rotatable bonds is 8. The number of nitrogens with zero attached hydrogens (tertiary/aromatic N) is 3. The minimum atomic E-state index is -1.23. The van der Waals surface area contributed by atoms with Gasteiger partial charge in [-0.1, -0.05) is 50.0 Å². The highest BCUT2D eigenvalue weighted by molar-refractivity contribution is 7.98. The number of ether oxygens (including phenoxy) is 4. The largest absolute Gasteiger partial charge is 0.463 e. The number of carbonyl (C=O) groups excluding carboxylic acids is 4. The number of aromatic nitrogens is 2. The van der Waals surface area contributed by atoms with Crippen molar-refractivity contribution in [3.05, 3.63) is 61.4 Å². The van der Waals surface area contributed by atoms with Gasteiger partial charge in [0.2, 0.25) is 0 Å². The fourth-order valence-corrected chi connectivity index (χ4v) is 7.17. The number of Topliss-reactive ketones (excluding diaryl/α,β-unsaturated/α-hetero) is 1. The van der Waals surface area contributed by atoms with Gasteiger partial charge in [-0.2, -0.15) is 0 Å². The van der Waals surface area contributed by atoms with Crippen LogP contribution in [0, 0.1) is 20.2 Å². The molecule has 0 radical (unpaired) electrons. The summed E-state index contributed by atoms with van der Waals surface area (Å²) in [7, 11) is 0. The van der Waals surface area contributed by atoms with Crippen LogP contribution in [0.5, 0.6) is 0 Å². The molecule has 1 aromatic heterocycles. The van der Waals surface area contributed by atoms with Crippen molar-refractivity contribution < 1.29 is 43.0 Å². The topological polar surface area (TPSA) is 180 Å². The van der Waals surface area contributed by atoms with Crippen molar-refractivity contribution in [3.63, 3.8) is 0 Å². The van der Waals surface area contributed by atoms with Gasteiger partial charge in [-0.3, -0.25) is 29.3 Å². The van der Waals surface area contributed by atoms with E-state index in [1.165, 1.54) is 44.7 Å². The predicted molar refractivity (Wildman–Crippen MR) is 170 cm³/mol. The molecule has 2 aromatic rings. The van der Waals surface area contributed by atoms with Crippen molar-refractivity contribution in [3.8, 4) is 0 Å². The third-order valence-electron chi connectivity index (χ3n) is 8.14. The standard InChI is InChI=1S/C31H34N4O10S2/c1-14(36)42-13-21-25(43-15(2)37)26(44-16(3)38)29(45-21)34-19-11-31(4,5)12-20(39)23(19)22(17-7-9-18(10-8-17)35(40)41)24-27(34)32-30(47-6)33-28(24)46/h7-10,21-22,25-26,29H,11-13H2,1-6H3,(H,32,33,46)/t21-,22?,25-,26+,29-/m1/s1. The summed E-state index contributed by atoms with van der Waals surface area (Å²) < 4.78 is 23.3. The molecule has 3 aliphatic rings. The quantitative estimate of drug-likeness (QED) is 0.0779. The Labute approximate surface area is 279 Å². The Balaban J connectivity index is 1.79. The lowest BCUT2D eigenvalue weighted by atomic mass is 9.68. The SMILES string of the molecule is CSc1nc(=S)c2c([nH]1)N([C@@H]1O[C@H](COC(C)=O)[C@@H](OC(C)=O)[C@@H]1OC(C)=O)C1=C(C(=O)CC(C)(C)C1)C2c1ccc([N+](=O)[O-])cc1. The molecule has 14 nitrogen and oxygen atoms in total. The lowest BCUT2D eigenvalue weighted by molar-refractivity contribution is -0.384. The highest BCUT2D eigenvalue weighted by Crippen LogP contribution is 2.53. The van der Waals surface area contributed by atoms with Crippen LogP contribution in [0.2, 0.25) is 0 Å². The van der Waals surface area contributed by atoms with Crippen molar-refractivity contribution in [1.29, 1.82) is 0 Å². The fourth-order valence-electron chi connectivity index (χ4n) is 6.42. The number of ketones is 1. The van der Waals surface area contributed by atoms with Gasteiger partial charge in [0.25, 0.3) is 5.69 Å². The second-order valence-corrected chi connectivity index (χ2v) is 13.5. The minimum Gasteiger partial charge on any atom is -0.463 e. The fraction of sp³-hybridized carbons (Fsp3) is 0.484. The molecule has 1 unspecified atom stereocenters. The van der Waals surface area contributed by atoms with Crippen molar-refractivity contribution in [2.45, 2.75) is 83.1 Å². The van der Waals surface area contributed by atoms with Crippen molar-refractivity contribution in [2.75, 3.05) is 17.8 Å². The van der Waals surface area contributed by atoms with Gasteiger partial charge in [0.05, 0.1) is 4.92 Å². The predicted octanol–water partition coefficient (Wildman–Crippen LogP) is 4.52. The maximum Gasteiger partial charge on any atom is 0.303 e. The van der Waals surface area contributed by atoms with Gasteiger partial charge in [0.1, 0.15) is 23.2 Å². The molecule has 0 spiro atoms. The Morgan fingerprint density at radius 1 is 1.11 bits per heavy atom. The van der Waals surface area contributed by atoms with E-state index in [1.54, 1.807) is 23.3 Å². The van der Waals surface area contributed by atoms with Gasteiger partial charge in [0.15, 0.2) is 29.4 Å². The Hall–Kier alpha value is -4.15. The number of allylic oxidation sites excluding steroid dienone is 2. The molecular formula is C31H34N4O10S2. The first-order valence-corrected chi connectivity index (χ1v) is 16.4. The number of nitrogens with one attached hydrogen (secondary N) is 1. The number of benzene rings is 1. The number of H-pyrrole nitrogens is 1. The molecule has 1 aromatic carbocycles. The number of carbonyl (C=O) groups is 4. The van der Waals surface area contributed by atoms with E-state index in [-0.39, 0.29) is 29.1 Å². The van der Waals surface area contributed by atoms with Crippen LogP contribution in [-0.4, -0.2) is 76.0 Å². The van der Waals surface area contributed by atoms with E-state index in [0.29, 0.717) is 39.8 Å². The second-order valence-electron chi connectivity index (χ2n) is 12.3. The summed E-state index contributed by atoms with van der Waals surface area (Å²) in [6.45, 7) is 7.22. The smallest absolute Gasteiger partial charge is 0.303 e. The normalized spacial score (nSPS) is 24.7. The third kappa shape index (κ3) is 6.80. The maximum absolute atomic E-state index is 14.2. The molecule has 1 N–H and O–H groups in total. The molecule has 0 amide bonds. The number of fused-ring (bicyclic) bond motifs is 1. The van der Waals surface area contributed by atoms with Gasteiger partial charge in [-0.25, -0.2) is 4.98 Å². The van der Waals surface area contributed by atoms with Crippen LogP contribution in [0.15, 0.2) is 40.7 Å². The summed E-state index contributed by atoms with van der Waals surface area (Å²) in [5.41, 5.74) is 1.33. The van der Waals surface area contributed by atoms with E-state index in [1.807, 2.05) is 13.8 Å². The lowest BCUT2D eigenvalue weighted by Crippen LogP contribution is -2.51. The van der Waals surface area contributed by atoms with Crippen LogP contribution >= 0.6 is 24.0 Å². The second kappa shape index (κ2) is 13.2. The van der Waals surface area contributed by atoms with E-state index in [9.17, 15) is 29.3 Å². The molecule has 1 saturated heterocycles. The average molecular weight is 687 g/mol. The zero-order valence-electron chi connectivity index (χ0n) is 26.6. The van der Waals surface area contributed by atoms with Crippen LogP contribution in [0.4, 0.5) is 11.5 Å². The molecule has 3 heterocycles. The number of esters is 3. The van der Waals surface area contributed by atoms with Gasteiger partial charge >= 0.3 is 17.9 Å². The molecular weight excluding hydrogens is 652 g/mol. The van der Waals surface area contributed by atoms with E-state index >= 15 is 0 Å². The number of nitro benzene ring substituents is 1. The maximum atomic E-state index is 14.2. The van der Waals surface area contributed by atoms with E-state index < -0.39 is 58.7 Å². The monoisotopic (exact) mass is 686 g/mol. The molecule has 1 fully saturated rings. The van der Waals surface area contributed by atoms with Crippen LogP contribution in [0.1, 0.15) is 64.5 Å². The summed E-state index contributed by atoms with van der Waals surface area (Å²) in [6, 6.07) is 5.93. The summed E-state index contributed by atoms with van der Waals surface area (Å²) >= 11 is 7.14. The van der Waals surface area contributed by atoms with Crippen molar-refractivity contribution >= 4 is 59.2 Å². The molecule has 5 atom stereocenters. The summed E-state index contributed by atoms with van der Waals surface area (Å²) in [5, 5.41) is 11.9. The Morgan fingerprint density at radius 2 is 1.74 bits per heavy atom. The first kappa shape index (κ1) is 34.2. The highest BCUT2D eigenvalue weighted by atomic mass is 32.2. The Bertz CT molecular complexity index is 1740. The summed E-state index contributed by atoms with van der Waals surface area (Å²) in [4.78, 5) is 71.3. The highest BCUT2D eigenvalue weighted by Gasteiger charge is 2.56. The number of nitro groups is 1. The van der Waals surface area contributed by atoms with Gasteiger partial charge in [-0.15, -0.1) is 0 Å². The van der Waals surface area contributed by atoms with Gasteiger partial charge in [0, 0.05) is 62.1 Å². The van der Waals surface area contributed by atoms with Gasteiger partial charge < -0.3 is 28.8 Å². The zero-order valence-corrected chi connectivity index (χ0v) is 28.2. The molecule has 0 saturated carbocycles. The Kier molecular flexibility index (Phi) is 9.57. The molecule has 5 rings (SSSR count). The molecule has 0 bridgehead atoms. The number of thioether (sulfide) groups is 1. The van der Waals surface area contributed by atoms with Crippen LogP contribution in [0.3, 0.4) is 0 Å². The molecule has 47 heavy (non-hydrogen) atoms. The number of aromatic amines is 1. The molecule has 16 heteroatoms. The molecule has 250 valence electrons.